The van der Waals surface area contributed by atoms with E-state index in [0.29, 0.717) is 11.5 Å². The van der Waals surface area contributed by atoms with E-state index in [1.165, 1.54) is 31.9 Å². The van der Waals surface area contributed by atoms with Gasteiger partial charge in [0.1, 0.15) is 11.5 Å². The van der Waals surface area contributed by atoms with Gasteiger partial charge in [-0.3, -0.25) is 19.8 Å². The van der Waals surface area contributed by atoms with Gasteiger partial charge >= 0.3 is 0 Å². The normalized spacial score (nSPS) is 10.3. The van der Waals surface area contributed by atoms with Gasteiger partial charge in [-0.1, -0.05) is 0 Å². The fourth-order valence-corrected chi connectivity index (χ4v) is 1.44. The van der Waals surface area contributed by atoms with Crippen LogP contribution < -0.4 is 22.1 Å². The lowest BCUT2D eigenvalue weighted by Gasteiger charge is -1.98. The van der Waals surface area contributed by atoms with Crippen molar-refractivity contribution in [1.29, 1.82) is 0 Å². The molecule has 0 aliphatic rings. The number of carbonyl (C=O) groups is 3. The van der Waals surface area contributed by atoms with E-state index < -0.39 is 5.91 Å². The van der Waals surface area contributed by atoms with Crippen LogP contribution in [0.3, 0.4) is 0 Å². The molecule has 11 heteroatoms. The number of amides is 3. The zero-order valence-electron chi connectivity index (χ0n) is 14.5. The molecule has 2 aromatic heterocycles. The van der Waals surface area contributed by atoms with Gasteiger partial charge in [-0.2, -0.15) is 10.2 Å². The van der Waals surface area contributed by atoms with E-state index in [9.17, 15) is 14.4 Å². The van der Waals surface area contributed by atoms with Crippen LogP contribution in [0.1, 0.15) is 31.3 Å². The molecular weight excluding hydrogens is 356 g/mol. The summed E-state index contributed by atoms with van der Waals surface area (Å²) in [5.41, 5.74) is 6.43. The van der Waals surface area contributed by atoms with Crippen LogP contribution in [0, 0.1) is 0 Å². The number of hydrogen-bond acceptors (Lipinski definition) is 8. The van der Waals surface area contributed by atoms with E-state index >= 15 is 0 Å². The molecule has 0 spiro atoms. The Balaban J connectivity index is 0.000000289. The van der Waals surface area contributed by atoms with Gasteiger partial charge in [0.2, 0.25) is 17.7 Å². The van der Waals surface area contributed by atoms with Crippen molar-refractivity contribution in [3.63, 3.8) is 0 Å². The Hall–Kier alpha value is -3.73. The summed E-state index contributed by atoms with van der Waals surface area (Å²) in [6, 6.07) is 6.88. The fourth-order valence-electron chi connectivity index (χ4n) is 1.44. The highest BCUT2D eigenvalue weighted by atomic mass is 16.3. The van der Waals surface area contributed by atoms with E-state index in [0.717, 1.165) is 0 Å². The van der Waals surface area contributed by atoms with Crippen molar-refractivity contribution in [2.45, 2.75) is 19.8 Å². The molecule has 0 aliphatic heterocycles. The van der Waals surface area contributed by atoms with Crippen molar-refractivity contribution in [3.05, 3.63) is 48.3 Å². The standard InChI is InChI=1S/C9H12N4O3.C7H8N2O2/c10-12-8(14)3-4-9(15)13-11-6-7-2-1-5-16-7;1-6(10)9-8-5-7-3-2-4-11-7/h1-2,5-6H,3-4,10H2,(H,12,14)(H,13,15);2-5H,1H3,(H,9,10)/b11-6+;8-5+. The topological polar surface area (TPSA) is 164 Å². The summed E-state index contributed by atoms with van der Waals surface area (Å²) in [7, 11) is 0. The lowest BCUT2D eigenvalue weighted by molar-refractivity contribution is -0.126. The summed E-state index contributed by atoms with van der Waals surface area (Å²) in [5, 5.41) is 7.23. The van der Waals surface area contributed by atoms with Crippen LogP contribution in [0.2, 0.25) is 0 Å². The van der Waals surface area contributed by atoms with E-state index in [-0.39, 0.29) is 24.7 Å². The average molecular weight is 376 g/mol. The second-order valence-electron chi connectivity index (χ2n) is 4.82. The summed E-state index contributed by atoms with van der Waals surface area (Å²) in [5.74, 6) is 5.02. The smallest absolute Gasteiger partial charge is 0.240 e. The second kappa shape index (κ2) is 12.6. The Morgan fingerprint density at radius 2 is 1.48 bits per heavy atom. The molecule has 0 aromatic carbocycles. The van der Waals surface area contributed by atoms with Crippen molar-refractivity contribution in [2.24, 2.45) is 16.0 Å². The molecule has 0 aliphatic carbocycles. The van der Waals surface area contributed by atoms with Crippen LogP contribution in [0.25, 0.3) is 0 Å². The van der Waals surface area contributed by atoms with Gasteiger partial charge in [-0.05, 0) is 24.3 Å². The van der Waals surface area contributed by atoms with Crippen molar-refractivity contribution in [3.8, 4) is 0 Å². The molecule has 2 rings (SSSR count). The summed E-state index contributed by atoms with van der Waals surface area (Å²) in [6.45, 7) is 1.39. The molecule has 2 heterocycles. The molecule has 0 unspecified atom stereocenters. The summed E-state index contributed by atoms with van der Waals surface area (Å²) < 4.78 is 9.86. The molecule has 2 aromatic rings. The SMILES string of the molecule is CC(=O)N/N=C/c1ccco1.NNC(=O)CCC(=O)N/N=C/c1ccco1. The molecule has 0 saturated carbocycles. The third kappa shape index (κ3) is 10.7. The van der Waals surface area contributed by atoms with Crippen LogP contribution in [0.5, 0.6) is 0 Å². The van der Waals surface area contributed by atoms with Crippen molar-refractivity contribution in [2.75, 3.05) is 0 Å². The first-order valence-electron chi connectivity index (χ1n) is 7.69. The quantitative estimate of drug-likeness (QED) is 0.234. The van der Waals surface area contributed by atoms with E-state index in [1.807, 2.05) is 5.43 Å². The number of rotatable bonds is 7. The molecule has 3 amide bonds. The molecule has 27 heavy (non-hydrogen) atoms. The molecule has 0 atom stereocenters. The number of nitrogens with two attached hydrogens (primary N) is 1. The van der Waals surface area contributed by atoms with Gasteiger partial charge in [0.25, 0.3) is 0 Å². The van der Waals surface area contributed by atoms with Crippen molar-refractivity contribution >= 4 is 30.2 Å². The Bertz CT molecular complexity index is 752. The molecule has 0 saturated heterocycles. The molecule has 144 valence electrons. The van der Waals surface area contributed by atoms with Gasteiger partial charge in [0.15, 0.2) is 0 Å². The van der Waals surface area contributed by atoms with E-state index in [2.05, 4.69) is 21.1 Å². The third-order valence-electron chi connectivity index (χ3n) is 2.62. The molecule has 0 fully saturated rings. The van der Waals surface area contributed by atoms with Crippen LogP contribution in [-0.2, 0) is 14.4 Å². The van der Waals surface area contributed by atoms with Crippen molar-refractivity contribution < 1.29 is 23.2 Å². The van der Waals surface area contributed by atoms with Gasteiger partial charge in [0.05, 0.1) is 25.0 Å². The Labute approximate surface area is 154 Å². The predicted molar refractivity (Wildman–Crippen MR) is 96.1 cm³/mol. The Morgan fingerprint density at radius 3 is 1.93 bits per heavy atom. The van der Waals surface area contributed by atoms with E-state index in [4.69, 9.17) is 14.7 Å². The Morgan fingerprint density at radius 1 is 0.963 bits per heavy atom. The molecular formula is C16H20N6O5. The first-order valence-corrected chi connectivity index (χ1v) is 7.69. The minimum Gasteiger partial charge on any atom is -0.463 e. The average Bonchev–Trinajstić information content (AvgIpc) is 3.34. The zero-order chi connectivity index (χ0) is 19.9. The monoisotopic (exact) mass is 376 g/mol. The summed E-state index contributed by atoms with van der Waals surface area (Å²) in [4.78, 5) is 32.1. The Kier molecular flexibility index (Phi) is 9.95. The summed E-state index contributed by atoms with van der Waals surface area (Å²) in [6.07, 6.45) is 5.88. The number of nitrogens with one attached hydrogen (secondary N) is 3. The highest BCUT2D eigenvalue weighted by Crippen LogP contribution is 1.95. The maximum atomic E-state index is 11.1. The lowest BCUT2D eigenvalue weighted by Crippen LogP contribution is -2.31. The molecule has 0 bridgehead atoms. The zero-order valence-corrected chi connectivity index (χ0v) is 14.5. The lowest BCUT2D eigenvalue weighted by atomic mass is 10.3. The highest BCUT2D eigenvalue weighted by molar-refractivity contribution is 5.84. The maximum Gasteiger partial charge on any atom is 0.240 e. The molecule has 11 nitrogen and oxygen atoms in total. The van der Waals surface area contributed by atoms with Gasteiger partial charge < -0.3 is 8.83 Å². The predicted octanol–water partition coefficient (Wildman–Crippen LogP) is 0.249. The van der Waals surface area contributed by atoms with Crippen LogP contribution in [0.4, 0.5) is 0 Å². The number of hydrazone groups is 2. The highest BCUT2D eigenvalue weighted by Gasteiger charge is 2.03. The number of furan rings is 2. The first-order chi connectivity index (χ1) is 13.0. The third-order valence-corrected chi connectivity index (χ3v) is 2.62. The number of hydrogen-bond donors (Lipinski definition) is 4. The fraction of sp³-hybridized carbons (Fsp3) is 0.188. The first kappa shape index (κ1) is 21.3. The maximum absolute atomic E-state index is 11.1. The van der Waals surface area contributed by atoms with Gasteiger partial charge in [0, 0.05) is 19.8 Å². The minimum absolute atomic E-state index is 0.0263. The summed E-state index contributed by atoms with van der Waals surface area (Å²) >= 11 is 0. The number of carbonyl (C=O) groups excluding carboxylic acids is 3. The van der Waals surface area contributed by atoms with Gasteiger partial charge in [-0.15, -0.1) is 0 Å². The molecule has 5 N–H and O–H groups in total. The second-order valence-corrected chi connectivity index (χ2v) is 4.82. The molecule has 0 radical (unpaired) electrons. The van der Waals surface area contributed by atoms with Gasteiger partial charge in [-0.25, -0.2) is 16.7 Å². The van der Waals surface area contributed by atoms with Crippen molar-refractivity contribution in [1.82, 2.24) is 16.3 Å². The van der Waals surface area contributed by atoms with Crippen LogP contribution >= 0.6 is 0 Å². The number of nitrogens with zero attached hydrogens (tertiary/aromatic N) is 2. The number of hydrazine groups is 1. The van der Waals surface area contributed by atoms with Crippen LogP contribution in [0.15, 0.2) is 55.8 Å². The largest absolute Gasteiger partial charge is 0.463 e. The minimum atomic E-state index is -0.398. The van der Waals surface area contributed by atoms with E-state index in [1.54, 1.807) is 24.3 Å². The van der Waals surface area contributed by atoms with Crippen LogP contribution in [-0.4, -0.2) is 30.2 Å².